The van der Waals surface area contributed by atoms with Crippen LogP contribution in [0.5, 0.6) is 0 Å². The summed E-state index contributed by atoms with van der Waals surface area (Å²) in [6, 6.07) is 3.74. The van der Waals surface area contributed by atoms with E-state index in [0.29, 0.717) is 18.9 Å². The van der Waals surface area contributed by atoms with Crippen molar-refractivity contribution in [2.24, 2.45) is 5.73 Å². The van der Waals surface area contributed by atoms with Crippen LogP contribution in [0.2, 0.25) is 0 Å². The second kappa shape index (κ2) is 8.41. The molecular formula is C19H19F2N7O2. The minimum atomic E-state index is -0.771. The van der Waals surface area contributed by atoms with Gasteiger partial charge in [0.15, 0.2) is 0 Å². The number of hydrogen-bond donors (Lipinski definition) is 3. The highest BCUT2D eigenvalue weighted by Gasteiger charge is 2.19. The fraction of sp³-hybridized carbons (Fsp3) is 0.263. The summed E-state index contributed by atoms with van der Waals surface area (Å²) in [6.07, 6.45) is 5.54. The molecule has 1 aromatic carbocycles. The van der Waals surface area contributed by atoms with Gasteiger partial charge in [-0.1, -0.05) is 6.07 Å². The molecule has 1 aliphatic heterocycles. The Kier molecular flexibility index (Phi) is 5.53. The van der Waals surface area contributed by atoms with Gasteiger partial charge in [-0.25, -0.2) is 13.8 Å². The number of nitrogens with one attached hydrogen (secondary N) is 2. The van der Waals surface area contributed by atoms with Crippen LogP contribution >= 0.6 is 0 Å². The molecule has 30 heavy (non-hydrogen) atoms. The first-order chi connectivity index (χ1) is 14.5. The van der Waals surface area contributed by atoms with E-state index in [4.69, 9.17) is 10.5 Å². The van der Waals surface area contributed by atoms with Crippen LogP contribution in [0.4, 0.5) is 26.2 Å². The van der Waals surface area contributed by atoms with Gasteiger partial charge in [-0.3, -0.25) is 9.48 Å². The van der Waals surface area contributed by atoms with Gasteiger partial charge >= 0.3 is 0 Å². The van der Waals surface area contributed by atoms with Gasteiger partial charge in [-0.15, -0.1) is 0 Å². The second-order valence-corrected chi connectivity index (χ2v) is 6.73. The topological polar surface area (TPSA) is 120 Å². The van der Waals surface area contributed by atoms with Crippen molar-refractivity contribution >= 4 is 23.4 Å². The van der Waals surface area contributed by atoms with Gasteiger partial charge in [0, 0.05) is 31.1 Å². The van der Waals surface area contributed by atoms with Gasteiger partial charge in [0.05, 0.1) is 30.1 Å². The minimum Gasteiger partial charge on any atom is -0.379 e. The largest absolute Gasteiger partial charge is 0.379 e. The summed E-state index contributed by atoms with van der Waals surface area (Å²) in [5.41, 5.74) is 5.82. The molecule has 0 aliphatic carbocycles. The summed E-state index contributed by atoms with van der Waals surface area (Å²) in [6.45, 7) is 1.07. The first-order valence-electron chi connectivity index (χ1n) is 9.24. The molecule has 4 N–H and O–H groups in total. The first kappa shape index (κ1) is 19.7. The van der Waals surface area contributed by atoms with Crippen molar-refractivity contribution in [1.82, 2.24) is 19.7 Å². The molecule has 3 aromatic rings. The Bertz CT molecular complexity index is 1050. The van der Waals surface area contributed by atoms with Gasteiger partial charge in [0.2, 0.25) is 5.95 Å². The quantitative estimate of drug-likeness (QED) is 0.542. The number of nitrogens with zero attached hydrogens (tertiary/aromatic N) is 4. The highest BCUT2D eigenvalue weighted by atomic mass is 19.1. The number of amides is 1. The number of anilines is 3. The summed E-state index contributed by atoms with van der Waals surface area (Å²) in [4.78, 5) is 20.0. The van der Waals surface area contributed by atoms with Crippen LogP contribution in [0.25, 0.3) is 0 Å². The standard InChI is InChI=1S/C19H19F2N7O2/c20-15-2-1-3-16(21)13(15)7-23-18-14(17(22)29)8-24-19(27-18)26-11-6-25-28(9-11)12-4-5-30-10-12/h1-3,6,8-9,12H,4-5,7,10H2,(H2,22,29)(H2,23,24,26,27). The molecule has 1 atom stereocenters. The zero-order chi connectivity index (χ0) is 21.1. The average molecular weight is 415 g/mol. The Labute approximate surface area is 170 Å². The molecule has 1 saturated heterocycles. The van der Waals surface area contributed by atoms with Crippen molar-refractivity contribution in [3.05, 3.63) is 59.6 Å². The monoisotopic (exact) mass is 415 g/mol. The lowest BCUT2D eigenvalue weighted by Gasteiger charge is -2.12. The Balaban J connectivity index is 1.53. The zero-order valence-corrected chi connectivity index (χ0v) is 15.8. The molecule has 0 spiro atoms. The number of carbonyl (C=O) groups is 1. The van der Waals surface area contributed by atoms with Crippen LogP contribution < -0.4 is 16.4 Å². The molecule has 1 aliphatic rings. The Morgan fingerprint density at radius 2 is 2.10 bits per heavy atom. The maximum absolute atomic E-state index is 13.9. The third-order valence-corrected chi connectivity index (χ3v) is 4.69. The third-order valence-electron chi connectivity index (χ3n) is 4.69. The summed E-state index contributed by atoms with van der Waals surface area (Å²) >= 11 is 0. The molecule has 0 radical (unpaired) electrons. The molecule has 4 rings (SSSR count). The lowest BCUT2D eigenvalue weighted by Crippen LogP contribution is -2.17. The third kappa shape index (κ3) is 4.20. The van der Waals surface area contributed by atoms with E-state index in [1.54, 1.807) is 17.1 Å². The van der Waals surface area contributed by atoms with E-state index in [2.05, 4.69) is 25.7 Å². The summed E-state index contributed by atoms with van der Waals surface area (Å²) in [5, 5.41) is 10.1. The molecule has 11 heteroatoms. The number of aromatic nitrogens is 4. The Morgan fingerprint density at radius 1 is 1.30 bits per heavy atom. The number of benzene rings is 1. The lowest BCUT2D eigenvalue weighted by molar-refractivity contribution is 0.100. The number of nitrogens with two attached hydrogens (primary N) is 1. The summed E-state index contributed by atoms with van der Waals surface area (Å²) in [7, 11) is 0. The van der Waals surface area contributed by atoms with E-state index in [1.165, 1.54) is 12.3 Å². The van der Waals surface area contributed by atoms with Crippen LogP contribution in [0.1, 0.15) is 28.4 Å². The second-order valence-electron chi connectivity index (χ2n) is 6.73. The van der Waals surface area contributed by atoms with Gasteiger partial charge in [-0.05, 0) is 18.6 Å². The predicted octanol–water partition coefficient (Wildman–Crippen LogP) is 2.37. The molecule has 1 fully saturated rings. The maximum atomic E-state index is 13.9. The first-order valence-corrected chi connectivity index (χ1v) is 9.24. The number of carbonyl (C=O) groups excluding carboxylic acids is 1. The number of hydrogen-bond acceptors (Lipinski definition) is 7. The smallest absolute Gasteiger partial charge is 0.254 e. The van der Waals surface area contributed by atoms with Crippen LogP contribution in [-0.4, -0.2) is 38.9 Å². The molecule has 0 saturated carbocycles. The van der Waals surface area contributed by atoms with Crippen LogP contribution in [-0.2, 0) is 11.3 Å². The van der Waals surface area contributed by atoms with Crippen molar-refractivity contribution in [2.45, 2.75) is 19.0 Å². The summed E-state index contributed by atoms with van der Waals surface area (Å²) in [5.74, 6) is -1.97. The Morgan fingerprint density at radius 3 is 2.80 bits per heavy atom. The average Bonchev–Trinajstić information content (AvgIpc) is 3.39. The van der Waals surface area contributed by atoms with Crippen molar-refractivity contribution in [2.75, 3.05) is 23.8 Å². The van der Waals surface area contributed by atoms with E-state index in [9.17, 15) is 13.6 Å². The molecule has 156 valence electrons. The van der Waals surface area contributed by atoms with Gasteiger partial charge in [0.25, 0.3) is 5.91 Å². The van der Waals surface area contributed by atoms with E-state index < -0.39 is 17.5 Å². The molecular weight excluding hydrogens is 396 g/mol. The van der Waals surface area contributed by atoms with Crippen LogP contribution in [0.15, 0.2) is 36.8 Å². The number of primary amides is 1. The van der Waals surface area contributed by atoms with E-state index in [1.807, 2.05) is 0 Å². The van der Waals surface area contributed by atoms with E-state index in [0.717, 1.165) is 18.6 Å². The van der Waals surface area contributed by atoms with Crippen molar-refractivity contribution in [1.29, 1.82) is 0 Å². The van der Waals surface area contributed by atoms with Crippen molar-refractivity contribution < 1.29 is 18.3 Å². The highest BCUT2D eigenvalue weighted by Crippen LogP contribution is 2.22. The molecule has 1 unspecified atom stereocenters. The fourth-order valence-electron chi connectivity index (χ4n) is 3.09. The van der Waals surface area contributed by atoms with Crippen LogP contribution in [0, 0.1) is 11.6 Å². The molecule has 0 bridgehead atoms. The Hall–Kier alpha value is -3.60. The SMILES string of the molecule is NC(=O)c1cnc(Nc2cnn(C3CCOC3)c2)nc1NCc1c(F)cccc1F. The van der Waals surface area contributed by atoms with E-state index in [-0.39, 0.29) is 35.5 Å². The van der Waals surface area contributed by atoms with Gasteiger partial charge < -0.3 is 21.1 Å². The van der Waals surface area contributed by atoms with Crippen molar-refractivity contribution in [3.63, 3.8) is 0 Å². The van der Waals surface area contributed by atoms with Crippen LogP contribution in [0.3, 0.4) is 0 Å². The number of rotatable bonds is 7. The predicted molar refractivity (Wildman–Crippen MR) is 104 cm³/mol. The lowest BCUT2D eigenvalue weighted by atomic mass is 10.2. The summed E-state index contributed by atoms with van der Waals surface area (Å²) < 4.78 is 34.9. The maximum Gasteiger partial charge on any atom is 0.254 e. The van der Waals surface area contributed by atoms with Crippen molar-refractivity contribution in [3.8, 4) is 0 Å². The zero-order valence-electron chi connectivity index (χ0n) is 15.8. The fourth-order valence-corrected chi connectivity index (χ4v) is 3.09. The molecule has 1 amide bonds. The number of halogens is 2. The molecule has 2 aromatic heterocycles. The highest BCUT2D eigenvalue weighted by molar-refractivity contribution is 5.97. The molecule has 9 nitrogen and oxygen atoms in total. The van der Waals surface area contributed by atoms with E-state index >= 15 is 0 Å². The normalized spacial score (nSPS) is 15.9. The molecule has 3 heterocycles. The minimum absolute atomic E-state index is 0.00361. The number of ether oxygens (including phenoxy) is 1. The van der Waals surface area contributed by atoms with Gasteiger partial charge in [-0.2, -0.15) is 10.1 Å². The van der Waals surface area contributed by atoms with Gasteiger partial charge in [0.1, 0.15) is 17.5 Å².